The SMILES string of the molecule is Bc1c(B)c(B)c(-c2cccc(-c3cc4cc(-c5c6ccccc6c(-c6ccccc6)c6c(B)c(B)c(B)c(B)c56)ccc4o3)c2)c(B)c1B. The van der Waals surface area contributed by atoms with Crippen molar-refractivity contribution in [2.75, 3.05) is 0 Å². The van der Waals surface area contributed by atoms with E-state index >= 15 is 0 Å². The molecule has 0 fully saturated rings. The number of fused-ring (bicyclic) bond motifs is 3. The van der Waals surface area contributed by atoms with Crippen LogP contribution in [0.3, 0.4) is 0 Å². The molecule has 0 N–H and O–H groups in total. The van der Waals surface area contributed by atoms with Crippen molar-refractivity contribution in [3.8, 4) is 44.7 Å². The summed E-state index contributed by atoms with van der Waals surface area (Å²) in [5, 5.41) is 6.36. The summed E-state index contributed by atoms with van der Waals surface area (Å²) in [5.74, 6) is 0.891. The normalized spacial score (nSPS) is 11.5. The molecule has 8 rings (SSSR count). The Morgan fingerprint density at radius 1 is 0.340 bits per heavy atom. The molecular weight excluding hydrogens is 594 g/mol. The summed E-state index contributed by atoms with van der Waals surface area (Å²) in [5.41, 5.74) is 21.9. The monoisotopic (exact) mass is 630 g/mol. The first-order chi connectivity index (χ1) is 24.1. The third kappa shape index (κ3) is 4.90. The van der Waals surface area contributed by atoms with E-state index in [1.807, 2.05) is 0 Å². The summed E-state index contributed by atoms with van der Waals surface area (Å²) in [7, 11) is 20.4. The Hall–Kier alpha value is -4.82. The minimum atomic E-state index is 0.891. The summed E-state index contributed by atoms with van der Waals surface area (Å²) < 4.78 is 6.59. The molecule has 0 radical (unpaired) electrons. The fraction of sp³-hybridized carbons (Fsp3) is 0. The summed E-state index contributed by atoms with van der Waals surface area (Å²) in [6, 6.07) is 37.7. The molecule has 0 aliphatic rings. The third-order valence-corrected chi connectivity index (χ3v) is 12.0. The summed E-state index contributed by atoms with van der Waals surface area (Å²) in [4.78, 5) is 0. The van der Waals surface area contributed by atoms with E-state index in [4.69, 9.17) is 4.42 Å². The fourth-order valence-corrected chi connectivity index (χ4v) is 8.43. The molecule has 7 aromatic carbocycles. The van der Waals surface area contributed by atoms with Gasteiger partial charge in [0.2, 0.25) is 0 Å². The highest BCUT2D eigenvalue weighted by Crippen LogP contribution is 2.43. The molecule has 0 aliphatic carbocycles. The summed E-state index contributed by atoms with van der Waals surface area (Å²) in [6.07, 6.45) is 0. The van der Waals surface area contributed by atoms with Gasteiger partial charge >= 0.3 is 0 Å². The van der Waals surface area contributed by atoms with Gasteiger partial charge in [0.15, 0.2) is 0 Å². The van der Waals surface area contributed by atoms with Crippen LogP contribution in [0, 0.1) is 0 Å². The molecule has 228 valence electrons. The number of furan rings is 1. The van der Waals surface area contributed by atoms with Crippen molar-refractivity contribution < 1.29 is 4.42 Å². The second kappa shape index (κ2) is 12.2. The third-order valence-electron chi connectivity index (χ3n) is 12.0. The first kappa shape index (κ1) is 32.4. The highest BCUT2D eigenvalue weighted by molar-refractivity contribution is 6.69. The van der Waals surface area contributed by atoms with Crippen LogP contribution in [0.15, 0.2) is 108 Å². The zero-order valence-electron chi connectivity index (χ0n) is 30.7. The molecule has 0 unspecified atom stereocenters. The van der Waals surface area contributed by atoms with Crippen molar-refractivity contribution in [3.63, 3.8) is 0 Å². The van der Waals surface area contributed by atoms with E-state index in [1.165, 1.54) is 104 Å². The number of benzene rings is 7. The van der Waals surface area contributed by atoms with Gasteiger partial charge in [0.25, 0.3) is 0 Å². The average molecular weight is 629 g/mol. The van der Waals surface area contributed by atoms with Gasteiger partial charge in [-0.1, -0.05) is 101 Å². The Labute approximate surface area is 303 Å². The standard InChI is InChI=1S/C40H35B9O/c41-32-29(33(42)37(46)40(49)36(32)45)20-10-6-9-19(15-20)26-17-22-16-21(13-14-25(22)50-26)28-24-12-5-4-11-23(24)27(18-7-2-1-3-8-18)30-31(28)35(44)39(48)38(47)34(30)43/h1-17H,41-49H2. The van der Waals surface area contributed by atoms with E-state index < -0.39 is 0 Å². The highest BCUT2D eigenvalue weighted by atomic mass is 16.3. The number of hydrogen-bond donors (Lipinski definition) is 0. The minimum Gasteiger partial charge on any atom is -0.456 e. The quantitative estimate of drug-likeness (QED) is 0.142. The van der Waals surface area contributed by atoms with E-state index in [0.717, 1.165) is 22.3 Å². The molecule has 8 aromatic rings. The number of hydrogen-bond acceptors (Lipinski definition) is 1. The van der Waals surface area contributed by atoms with E-state index in [1.54, 1.807) is 0 Å². The first-order valence-corrected chi connectivity index (χ1v) is 17.8. The Balaban J connectivity index is 1.35. The van der Waals surface area contributed by atoms with Gasteiger partial charge < -0.3 is 4.42 Å². The van der Waals surface area contributed by atoms with Crippen LogP contribution in [0.1, 0.15) is 0 Å². The molecule has 0 spiro atoms. The summed E-state index contributed by atoms with van der Waals surface area (Å²) in [6.45, 7) is 0. The van der Waals surface area contributed by atoms with E-state index in [9.17, 15) is 0 Å². The van der Waals surface area contributed by atoms with Crippen molar-refractivity contribution in [1.29, 1.82) is 0 Å². The largest absolute Gasteiger partial charge is 0.456 e. The Kier molecular flexibility index (Phi) is 7.90. The first-order valence-electron chi connectivity index (χ1n) is 17.8. The fourth-order valence-electron chi connectivity index (χ4n) is 8.43. The second-order valence-electron chi connectivity index (χ2n) is 14.4. The van der Waals surface area contributed by atoms with Crippen LogP contribution in [-0.4, -0.2) is 70.6 Å². The van der Waals surface area contributed by atoms with Crippen LogP contribution in [0.4, 0.5) is 0 Å². The minimum absolute atomic E-state index is 0.891. The van der Waals surface area contributed by atoms with Crippen LogP contribution in [0.25, 0.3) is 77.2 Å². The molecular formula is C40H35B9O. The maximum Gasteiger partial charge on any atom is 0.139 e. The van der Waals surface area contributed by atoms with Gasteiger partial charge in [-0.15, -0.1) is 27.3 Å². The van der Waals surface area contributed by atoms with Crippen LogP contribution in [0.5, 0.6) is 0 Å². The van der Waals surface area contributed by atoms with Gasteiger partial charge in [-0.3, -0.25) is 0 Å². The molecule has 50 heavy (non-hydrogen) atoms. The molecule has 0 amide bonds. The molecule has 1 heterocycles. The topological polar surface area (TPSA) is 13.1 Å². The van der Waals surface area contributed by atoms with Gasteiger partial charge in [-0.05, 0) is 79.2 Å². The zero-order valence-corrected chi connectivity index (χ0v) is 30.7. The molecule has 1 nitrogen and oxygen atoms in total. The number of rotatable bonds is 4. The van der Waals surface area contributed by atoms with Gasteiger partial charge in [0, 0.05) is 10.9 Å². The highest BCUT2D eigenvalue weighted by Gasteiger charge is 2.22. The molecule has 10 heteroatoms. The predicted molar refractivity (Wildman–Crippen MR) is 247 cm³/mol. The second-order valence-corrected chi connectivity index (χ2v) is 14.4. The molecule has 0 saturated heterocycles. The Morgan fingerprint density at radius 3 is 1.44 bits per heavy atom. The van der Waals surface area contributed by atoms with E-state index in [2.05, 4.69) is 174 Å². The van der Waals surface area contributed by atoms with Crippen molar-refractivity contribution in [2.45, 2.75) is 0 Å². The Morgan fingerprint density at radius 2 is 0.820 bits per heavy atom. The molecule has 0 bridgehead atoms. The molecule has 0 saturated carbocycles. The lowest BCUT2D eigenvalue weighted by molar-refractivity contribution is 0.631. The average Bonchev–Trinajstić information content (AvgIpc) is 3.58. The van der Waals surface area contributed by atoms with Gasteiger partial charge in [0.1, 0.15) is 82.0 Å². The molecule has 1 aromatic heterocycles. The van der Waals surface area contributed by atoms with Crippen molar-refractivity contribution >= 4 is 152 Å². The summed E-state index contributed by atoms with van der Waals surface area (Å²) >= 11 is 0. The van der Waals surface area contributed by atoms with Gasteiger partial charge in [0.05, 0.1) is 0 Å². The van der Waals surface area contributed by atoms with Gasteiger partial charge in [-0.25, -0.2) is 0 Å². The zero-order chi connectivity index (χ0) is 35.0. The van der Waals surface area contributed by atoms with Crippen molar-refractivity contribution in [3.05, 3.63) is 103 Å². The molecule has 0 atom stereocenters. The van der Waals surface area contributed by atoms with Crippen LogP contribution in [-0.2, 0) is 0 Å². The lowest BCUT2D eigenvalue weighted by Gasteiger charge is -2.24. The smallest absolute Gasteiger partial charge is 0.139 e. The van der Waals surface area contributed by atoms with Crippen LogP contribution in [0.2, 0.25) is 0 Å². The lowest BCUT2D eigenvalue weighted by atomic mass is 9.59. The van der Waals surface area contributed by atoms with Crippen molar-refractivity contribution in [2.24, 2.45) is 0 Å². The van der Waals surface area contributed by atoms with E-state index in [0.29, 0.717) is 0 Å². The van der Waals surface area contributed by atoms with E-state index in [-0.39, 0.29) is 0 Å². The van der Waals surface area contributed by atoms with Crippen LogP contribution < -0.4 is 49.2 Å². The maximum atomic E-state index is 6.59. The maximum absolute atomic E-state index is 6.59. The molecule has 0 aliphatic heterocycles. The predicted octanol–water partition coefficient (Wildman–Crippen LogP) is -4.27. The lowest BCUT2D eigenvalue weighted by Crippen LogP contribution is -2.55. The van der Waals surface area contributed by atoms with Gasteiger partial charge in [-0.2, -0.15) is 0 Å². The van der Waals surface area contributed by atoms with Crippen molar-refractivity contribution in [1.82, 2.24) is 0 Å². The Bertz CT molecular complexity index is 2670. The van der Waals surface area contributed by atoms with Crippen LogP contribution >= 0.6 is 0 Å².